The van der Waals surface area contributed by atoms with Crippen LogP contribution < -0.4 is 0 Å². The molecule has 0 unspecified atom stereocenters. The third-order valence-electron chi connectivity index (χ3n) is 9.10. The fourth-order valence-electron chi connectivity index (χ4n) is 7.14. The molecule has 6 aromatic carbocycles. The normalized spacial score (nSPS) is 11.9. The zero-order valence-corrected chi connectivity index (χ0v) is 24.7. The van der Waals surface area contributed by atoms with Gasteiger partial charge >= 0.3 is 0 Å². The number of hydrogen-bond donors (Lipinski definition) is 0. The number of benzene rings is 6. The van der Waals surface area contributed by atoms with Crippen molar-refractivity contribution >= 4 is 54.5 Å². The number of para-hydroxylation sites is 4. The monoisotopic (exact) mass is 587 g/mol. The average Bonchev–Trinajstić information content (AvgIpc) is 3.68. The summed E-state index contributed by atoms with van der Waals surface area (Å²) in [6, 6.07) is 53.2. The van der Waals surface area contributed by atoms with E-state index in [1.807, 2.05) is 36.4 Å². The van der Waals surface area contributed by atoms with E-state index in [9.17, 15) is 0 Å². The summed E-state index contributed by atoms with van der Waals surface area (Å²) in [5.74, 6) is 1.92. The van der Waals surface area contributed by atoms with Gasteiger partial charge < -0.3 is 8.80 Å². The topological polar surface area (TPSA) is 47.5 Å². The standard InChI is InChI=1S/C41H25N5/c1-3-13-26(14-4-1)39-42-40(27-15-5-2-6-16-27)44-41(43-39)36-25-28-17-11-20-31-29-18-7-9-22-33(29)45-34-23-10-8-19-30(34)32-21-12-24-35(38(32)45)46(36)37(28)31/h1-25H. The molecule has 0 bridgehead atoms. The average molecular weight is 588 g/mol. The lowest BCUT2D eigenvalue weighted by Gasteiger charge is -2.12. The highest BCUT2D eigenvalue weighted by molar-refractivity contribution is 6.19. The summed E-state index contributed by atoms with van der Waals surface area (Å²) in [5, 5.41) is 5.91. The number of aromatic nitrogens is 5. The molecule has 0 N–H and O–H groups in total. The van der Waals surface area contributed by atoms with Crippen molar-refractivity contribution in [2.75, 3.05) is 0 Å². The molecule has 0 radical (unpaired) electrons. The van der Waals surface area contributed by atoms with Crippen LogP contribution in [0.25, 0.3) is 88.8 Å². The molecule has 0 atom stereocenters. The Labute approximate surface area is 263 Å². The van der Waals surface area contributed by atoms with Crippen LogP contribution in [0.5, 0.6) is 0 Å². The van der Waals surface area contributed by atoms with Gasteiger partial charge in [-0.3, -0.25) is 0 Å². The molecule has 5 nitrogen and oxygen atoms in total. The van der Waals surface area contributed by atoms with Gasteiger partial charge in [0.05, 0.1) is 33.3 Å². The van der Waals surface area contributed by atoms with Gasteiger partial charge in [-0.25, -0.2) is 15.0 Å². The Hall–Kier alpha value is -6.33. The Balaban J connectivity index is 1.44. The maximum Gasteiger partial charge on any atom is 0.180 e. The van der Waals surface area contributed by atoms with Crippen LogP contribution in [-0.2, 0) is 0 Å². The van der Waals surface area contributed by atoms with E-state index in [0.717, 1.165) is 38.8 Å². The van der Waals surface area contributed by atoms with Gasteiger partial charge in [0, 0.05) is 38.1 Å². The zero-order chi connectivity index (χ0) is 30.2. The Morgan fingerprint density at radius 1 is 0.348 bits per heavy atom. The predicted octanol–water partition coefficient (Wildman–Crippen LogP) is 9.99. The smallest absolute Gasteiger partial charge is 0.180 e. The second-order valence-electron chi connectivity index (χ2n) is 11.7. The van der Waals surface area contributed by atoms with E-state index in [-0.39, 0.29) is 0 Å². The quantitative estimate of drug-likeness (QED) is 0.207. The molecule has 0 saturated heterocycles. The molecular weight excluding hydrogens is 562 g/mol. The van der Waals surface area contributed by atoms with Crippen molar-refractivity contribution < 1.29 is 0 Å². The number of hydrogen-bond acceptors (Lipinski definition) is 3. The number of rotatable bonds is 3. The largest absolute Gasteiger partial charge is 0.307 e. The van der Waals surface area contributed by atoms with Crippen molar-refractivity contribution in [3.05, 3.63) is 152 Å². The number of fused-ring (bicyclic) bond motifs is 7. The molecule has 0 saturated carbocycles. The molecule has 4 aromatic heterocycles. The minimum Gasteiger partial charge on any atom is -0.307 e. The molecule has 0 spiro atoms. The highest BCUT2D eigenvalue weighted by Gasteiger charge is 2.21. The Bertz CT molecular complexity index is 2740. The van der Waals surface area contributed by atoms with E-state index in [0.29, 0.717) is 17.5 Å². The minimum absolute atomic E-state index is 0.628. The van der Waals surface area contributed by atoms with Crippen molar-refractivity contribution in [3.8, 4) is 34.3 Å². The summed E-state index contributed by atoms with van der Waals surface area (Å²) in [5.41, 5.74) is 8.54. The minimum atomic E-state index is 0.628. The highest BCUT2D eigenvalue weighted by atomic mass is 15.1. The van der Waals surface area contributed by atoms with Crippen LogP contribution in [0.15, 0.2) is 152 Å². The first kappa shape index (κ1) is 25.0. The fourth-order valence-corrected chi connectivity index (χ4v) is 7.14. The molecule has 5 heteroatoms. The molecular formula is C41H25N5. The van der Waals surface area contributed by atoms with Crippen LogP contribution in [0.3, 0.4) is 0 Å². The summed E-state index contributed by atoms with van der Waals surface area (Å²) >= 11 is 0. The first-order chi connectivity index (χ1) is 22.8. The van der Waals surface area contributed by atoms with Crippen molar-refractivity contribution in [2.45, 2.75) is 0 Å². The van der Waals surface area contributed by atoms with Crippen LogP contribution in [0.4, 0.5) is 0 Å². The third kappa shape index (κ3) is 3.54. The van der Waals surface area contributed by atoms with E-state index >= 15 is 0 Å². The molecule has 0 fully saturated rings. The first-order valence-corrected chi connectivity index (χ1v) is 15.5. The van der Waals surface area contributed by atoms with E-state index in [2.05, 4.69) is 124 Å². The molecule has 10 aromatic rings. The van der Waals surface area contributed by atoms with E-state index in [4.69, 9.17) is 15.0 Å². The molecule has 4 heterocycles. The lowest BCUT2D eigenvalue weighted by molar-refractivity contribution is 1.06. The van der Waals surface area contributed by atoms with E-state index in [1.165, 1.54) is 32.6 Å². The van der Waals surface area contributed by atoms with Crippen LogP contribution in [0, 0.1) is 0 Å². The molecule has 0 amide bonds. The third-order valence-corrected chi connectivity index (χ3v) is 9.10. The molecule has 214 valence electrons. The van der Waals surface area contributed by atoms with Crippen molar-refractivity contribution in [1.82, 2.24) is 23.8 Å². The van der Waals surface area contributed by atoms with Gasteiger partial charge in [0.1, 0.15) is 0 Å². The van der Waals surface area contributed by atoms with Crippen molar-refractivity contribution in [1.29, 1.82) is 0 Å². The summed E-state index contributed by atoms with van der Waals surface area (Å²) in [4.78, 5) is 15.3. The zero-order valence-electron chi connectivity index (χ0n) is 24.7. The second kappa shape index (κ2) is 9.58. The predicted molar refractivity (Wildman–Crippen MR) is 188 cm³/mol. The second-order valence-corrected chi connectivity index (χ2v) is 11.7. The molecule has 0 aliphatic rings. The molecule has 46 heavy (non-hydrogen) atoms. The lowest BCUT2D eigenvalue weighted by atomic mass is 10.1. The fraction of sp³-hybridized carbons (Fsp3) is 0. The van der Waals surface area contributed by atoms with Crippen molar-refractivity contribution in [2.24, 2.45) is 0 Å². The SMILES string of the molecule is c1ccc(-c2nc(-c3ccccc3)nc(-c3cc4cccc5c6ccccc6n6c7ccccc7c7cccc(c76)n3c45)n2)cc1. The first-order valence-electron chi connectivity index (χ1n) is 15.5. The van der Waals surface area contributed by atoms with Gasteiger partial charge in [-0.1, -0.05) is 127 Å². The summed E-state index contributed by atoms with van der Waals surface area (Å²) in [6.45, 7) is 0. The highest BCUT2D eigenvalue weighted by Crippen LogP contribution is 2.39. The van der Waals surface area contributed by atoms with Crippen LogP contribution in [0.2, 0.25) is 0 Å². The number of nitrogens with zero attached hydrogens (tertiary/aromatic N) is 5. The van der Waals surface area contributed by atoms with Gasteiger partial charge in [0.25, 0.3) is 0 Å². The molecule has 0 aliphatic heterocycles. The Kier molecular flexibility index (Phi) is 5.22. The maximum absolute atomic E-state index is 5.17. The van der Waals surface area contributed by atoms with Gasteiger partial charge in [-0.2, -0.15) is 0 Å². The van der Waals surface area contributed by atoms with Crippen molar-refractivity contribution in [3.63, 3.8) is 0 Å². The van der Waals surface area contributed by atoms with Gasteiger partial charge in [0.15, 0.2) is 17.5 Å². The Morgan fingerprint density at radius 3 is 1.46 bits per heavy atom. The van der Waals surface area contributed by atoms with Crippen LogP contribution >= 0.6 is 0 Å². The van der Waals surface area contributed by atoms with E-state index in [1.54, 1.807) is 0 Å². The van der Waals surface area contributed by atoms with Gasteiger partial charge in [-0.15, -0.1) is 0 Å². The van der Waals surface area contributed by atoms with Crippen LogP contribution in [-0.4, -0.2) is 23.8 Å². The maximum atomic E-state index is 5.17. The molecule has 0 aliphatic carbocycles. The molecule has 10 rings (SSSR count). The van der Waals surface area contributed by atoms with E-state index < -0.39 is 0 Å². The lowest BCUT2D eigenvalue weighted by Crippen LogP contribution is -2.02. The summed E-state index contributed by atoms with van der Waals surface area (Å²) in [6.07, 6.45) is 0. The van der Waals surface area contributed by atoms with Gasteiger partial charge in [0.2, 0.25) is 0 Å². The van der Waals surface area contributed by atoms with Gasteiger partial charge in [-0.05, 0) is 24.3 Å². The summed E-state index contributed by atoms with van der Waals surface area (Å²) < 4.78 is 4.80. The summed E-state index contributed by atoms with van der Waals surface area (Å²) in [7, 11) is 0. The van der Waals surface area contributed by atoms with Crippen LogP contribution in [0.1, 0.15) is 0 Å². The Morgan fingerprint density at radius 2 is 0.826 bits per heavy atom.